The molecule has 0 aliphatic heterocycles. The van der Waals surface area contributed by atoms with Gasteiger partial charge < -0.3 is 5.32 Å². The number of aromatic nitrogens is 3. The standard InChI is InChI=1S/C18H17BrN4O/c19-13-4-3-5-14(11-13)20-18(24)12-8-9-17-16(10-12)21-22-23(17)15-6-1-2-7-15/h3-5,8-11,15H,1-2,6-7H2,(H,20,24). The number of hydrogen-bond acceptors (Lipinski definition) is 3. The van der Waals surface area contributed by atoms with Gasteiger partial charge in [0.15, 0.2) is 0 Å². The highest BCUT2D eigenvalue weighted by Gasteiger charge is 2.20. The van der Waals surface area contributed by atoms with Crippen LogP contribution in [0.2, 0.25) is 0 Å². The van der Waals surface area contributed by atoms with Gasteiger partial charge in [0.2, 0.25) is 0 Å². The van der Waals surface area contributed by atoms with E-state index in [1.807, 2.05) is 41.1 Å². The van der Waals surface area contributed by atoms with Crippen LogP contribution in [0.5, 0.6) is 0 Å². The Labute approximate surface area is 148 Å². The van der Waals surface area contributed by atoms with Gasteiger partial charge in [0, 0.05) is 15.7 Å². The Morgan fingerprint density at radius 2 is 2.00 bits per heavy atom. The van der Waals surface area contributed by atoms with Crippen LogP contribution in [-0.2, 0) is 0 Å². The summed E-state index contributed by atoms with van der Waals surface area (Å²) in [5, 5.41) is 11.5. The molecule has 1 heterocycles. The average Bonchev–Trinajstić information content (AvgIpc) is 3.23. The minimum absolute atomic E-state index is 0.148. The van der Waals surface area contributed by atoms with Crippen molar-refractivity contribution in [3.05, 3.63) is 52.5 Å². The van der Waals surface area contributed by atoms with E-state index in [0.29, 0.717) is 11.6 Å². The Kier molecular flexibility index (Phi) is 4.06. The molecule has 0 saturated heterocycles. The van der Waals surface area contributed by atoms with Gasteiger partial charge in [-0.2, -0.15) is 0 Å². The summed E-state index contributed by atoms with van der Waals surface area (Å²) in [6.07, 6.45) is 4.81. The lowest BCUT2D eigenvalue weighted by molar-refractivity contribution is 0.102. The van der Waals surface area contributed by atoms with Gasteiger partial charge in [0.1, 0.15) is 5.52 Å². The SMILES string of the molecule is O=C(Nc1cccc(Br)c1)c1ccc2c(c1)nnn2C1CCCC1. The van der Waals surface area contributed by atoms with Gasteiger partial charge in [-0.15, -0.1) is 5.10 Å². The van der Waals surface area contributed by atoms with Crippen LogP contribution in [0.4, 0.5) is 5.69 Å². The van der Waals surface area contributed by atoms with Crippen molar-refractivity contribution in [2.45, 2.75) is 31.7 Å². The second-order valence-electron chi connectivity index (χ2n) is 6.14. The van der Waals surface area contributed by atoms with E-state index < -0.39 is 0 Å². The van der Waals surface area contributed by atoms with Gasteiger partial charge >= 0.3 is 0 Å². The summed E-state index contributed by atoms with van der Waals surface area (Å²) in [6.45, 7) is 0. The van der Waals surface area contributed by atoms with Crippen molar-refractivity contribution in [3.63, 3.8) is 0 Å². The van der Waals surface area contributed by atoms with E-state index in [2.05, 4.69) is 31.6 Å². The van der Waals surface area contributed by atoms with Gasteiger partial charge in [0.25, 0.3) is 5.91 Å². The maximum absolute atomic E-state index is 12.5. The molecular weight excluding hydrogens is 368 g/mol. The molecule has 1 fully saturated rings. The summed E-state index contributed by atoms with van der Waals surface area (Å²) in [4.78, 5) is 12.5. The Balaban J connectivity index is 1.59. The van der Waals surface area contributed by atoms with Crippen molar-refractivity contribution >= 4 is 38.6 Å². The molecule has 0 spiro atoms. The molecular formula is C18H17BrN4O. The second kappa shape index (κ2) is 6.36. The van der Waals surface area contributed by atoms with Crippen LogP contribution in [-0.4, -0.2) is 20.9 Å². The van der Waals surface area contributed by atoms with Crippen molar-refractivity contribution in [1.29, 1.82) is 0 Å². The number of amides is 1. The first-order chi connectivity index (χ1) is 11.7. The number of hydrogen-bond donors (Lipinski definition) is 1. The van der Waals surface area contributed by atoms with Gasteiger partial charge in [-0.05, 0) is 49.2 Å². The van der Waals surface area contributed by atoms with Crippen molar-refractivity contribution in [1.82, 2.24) is 15.0 Å². The summed E-state index contributed by atoms with van der Waals surface area (Å²) in [5.41, 5.74) is 3.11. The molecule has 4 rings (SSSR count). The minimum Gasteiger partial charge on any atom is -0.322 e. The highest BCUT2D eigenvalue weighted by Crippen LogP contribution is 2.31. The number of fused-ring (bicyclic) bond motifs is 1. The molecule has 1 aliphatic rings. The fourth-order valence-corrected chi connectivity index (χ4v) is 3.67. The fourth-order valence-electron chi connectivity index (χ4n) is 3.27. The van der Waals surface area contributed by atoms with Crippen LogP contribution in [0, 0.1) is 0 Å². The summed E-state index contributed by atoms with van der Waals surface area (Å²) in [5.74, 6) is -0.148. The molecule has 5 nitrogen and oxygen atoms in total. The molecule has 0 unspecified atom stereocenters. The molecule has 1 saturated carbocycles. The Morgan fingerprint density at radius 3 is 2.79 bits per heavy atom. The minimum atomic E-state index is -0.148. The van der Waals surface area contributed by atoms with E-state index >= 15 is 0 Å². The number of anilines is 1. The predicted molar refractivity (Wildman–Crippen MR) is 97.1 cm³/mol. The van der Waals surface area contributed by atoms with E-state index in [0.717, 1.165) is 34.0 Å². The molecule has 1 aromatic heterocycles. The maximum Gasteiger partial charge on any atom is 0.255 e. The molecule has 122 valence electrons. The zero-order chi connectivity index (χ0) is 16.5. The van der Waals surface area contributed by atoms with Crippen LogP contribution in [0.15, 0.2) is 46.9 Å². The lowest BCUT2D eigenvalue weighted by Gasteiger charge is -2.10. The summed E-state index contributed by atoms with van der Waals surface area (Å²) in [7, 11) is 0. The van der Waals surface area contributed by atoms with E-state index in [1.165, 1.54) is 12.8 Å². The summed E-state index contributed by atoms with van der Waals surface area (Å²) < 4.78 is 2.94. The summed E-state index contributed by atoms with van der Waals surface area (Å²) >= 11 is 3.40. The molecule has 6 heteroatoms. The van der Waals surface area contributed by atoms with Gasteiger partial charge in [0.05, 0.1) is 11.6 Å². The number of benzene rings is 2. The number of halogens is 1. The number of nitrogens with zero attached hydrogens (tertiary/aromatic N) is 3. The number of nitrogens with one attached hydrogen (secondary N) is 1. The van der Waals surface area contributed by atoms with E-state index in [9.17, 15) is 4.79 Å². The van der Waals surface area contributed by atoms with Crippen LogP contribution < -0.4 is 5.32 Å². The fraction of sp³-hybridized carbons (Fsp3) is 0.278. The quantitative estimate of drug-likeness (QED) is 0.719. The highest BCUT2D eigenvalue weighted by atomic mass is 79.9. The van der Waals surface area contributed by atoms with Gasteiger partial charge in [-0.3, -0.25) is 4.79 Å². The number of carbonyl (C=O) groups excluding carboxylic acids is 1. The first kappa shape index (κ1) is 15.3. The third-order valence-electron chi connectivity index (χ3n) is 4.49. The predicted octanol–water partition coefficient (Wildman–Crippen LogP) is 4.56. The smallest absolute Gasteiger partial charge is 0.255 e. The largest absolute Gasteiger partial charge is 0.322 e. The first-order valence-electron chi connectivity index (χ1n) is 8.12. The average molecular weight is 385 g/mol. The van der Waals surface area contributed by atoms with Crippen molar-refractivity contribution in [2.24, 2.45) is 0 Å². The Hall–Kier alpha value is -2.21. The lowest BCUT2D eigenvalue weighted by atomic mass is 10.1. The molecule has 1 N–H and O–H groups in total. The molecule has 2 aromatic carbocycles. The lowest BCUT2D eigenvalue weighted by Crippen LogP contribution is -2.12. The number of rotatable bonds is 3. The van der Waals surface area contributed by atoms with Crippen molar-refractivity contribution in [3.8, 4) is 0 Å². The van der Waals surface area contributed by atoms with E-state index in [-0.39, 0.29) is 5.91 Å². The van der Waals surface area contributed by atoms with Gasteiger partial charge in [-0.1, -0.05) is 40.1 Å². The second-order valence-corrected chi connectivity index (χ2v) is 7.06. The topological polar surface area (TPSA) is 59.8 Å². The monoisotopic (exact) mass is 384 g/mol. The first-order valence-corrected chi connectivity index (χ1v) is 8.92. The molecule has 24 heavy (non-hydrogen) atoms. The summed E-state index contributed by atoms with van der Waals surface area (Å²) in [6, 6.07) is 13.6. The van der Waals surface area contributed by atoms with Crippen LogP contribution >= 0.6 is 15.9 Å². The van der Waals surface area contributed by atoms with Crippen LogP contribution in [0.1, 0.15) is 42.1 Å². The van der Waals surface area contributed by atoms with Crippen LogP contribution in [0.25, 0.3) is 11.0 Å². The third-order valence-corrected chi connectivity index (χ3v) is 4.98. The van der Waals surface area contributed by atoms with E-state index in [1.54, 1.807) is 6.07 Å². The molecule has 0 radical (unpaired) electrons. The van der Waals surface area contributed by atoms with Gasteiger partial charge in [-0.25, -0.2) is 4.68 Å². The maximum atomic E-state index is 12.5. The third kappa shape index (κ3) is 2.94. The van der Waals surface area contributed by atoms with E-state index in [4.69, 9.17) is 0 Å². The van der Waals surface area contributed by atoms with Crippen LogP contribution in [0.3, 0.4) is 0 Å². The Morgan fingerprint density at radius 1 is 1.17 bits per heavy atom. The number of carbonyl (C=O) groups is 1. The molecule has 1 aliphatic carbocycles. The molecule has 1 amide bonds. The highest BCUT2D eigenvalue weighted by molar-refractivity contribution is 9.10. The normalized spacial score (nSPS) is 15.0. The van der Waals surface area contributed by atoms with Crippen molar-refractivity contribution < 1.29 is 4.79 Å². The van der Waals surface area contributed by atoms with Crippen molar-refractivity contribution in [2.75, 3.05) is 5.32 Å². The molecule has 0 atom stereocenters. The zero-order valence-corrected chi connectivity index (χ0v) is 14.7. The zero-order valence-electron chi connectivity index (χ0n) is 13.1. The molecule has 3 aromatic rings. The Bertz CT molecular complexity index is 899. The molecule has 0 bridgehead atoms.